The second kappa shape index (κ2) is 5.60. The predicted molar refractivity (Wildman–Crippen MR) is 66.3 cm³/mol. The summed E-state index contributed by atoms with van der Waals surface area (Å²) in [6.07, 6.45) is 3.11. The van der Waals surface area contributed by atoms with Gasteiger partial charge < -0.3 is 15.7 Å². The summed E-state index contributed by atoms with van der Waals surface area (Å²) in [5, 5.41) is 14.2. The van der Waals surface area contributed by atoms with E-state index < -0.39 is 17.9 Å². The molecule has 100 valence electrons. The van der Waals surface area contributed by atoms with Gasteiger partial charge in [0.15, 0.2) is 0 Å². The third kappa shape index (κ3) is 2.95. The first-order chi connectivity index (χ1) is 8.58. The van der Waals surface area contributed by atoms with E-state index in [-0.39, 0.29) is 17.2 Å². The largest absolute Gasteiger partial charge is 0.481 e. The van der Waals surface area contributed by atoms with Crippen molar-refractivity contribution in [2.45, 2.75) is 37.8 Å². The van der Waals surface area contributed by atoms with Crippen molar-refractivity contribution in [1.82, 2.24) is 10.6 Å². The fourth-order valence-corrected chi connectivity index (χ4v) is 3.19. The molecule has 0 spiro atoms. The van der Waals surface area contributed by atoms with Crippen molar-refractivity contribution in [3.63, 3.8) is 0 Å². The quantitative estimate of drug-likeness (QED) is 0.698. The summed E-state index contributed by atoms with van der Waals surface area (Å²) in [5.74, 6) is -1.22. The van der Waals surface area contributed by atoms with E-state index in [1.54, 1.807) is 0 Å². The first-order valence-electron chi connectivity index (χ1n) is 6.04. The molecular formula is C11H16N2O4S. The topological polar surface area (TPSA) is 95.5 Å². The van der Waals surface area contributed by atoms with Crippen LogP contribution in [0.2, 0.25) is 0 Å². The minimum Gasteiger partial charge on any atom is -0.481 e. The smallest absolute Gasteiger partial charge is 0.308 e. The zero-order valence-electron chi connectivity index (χ0n) is 9.85. The van der Waals surface area contributed by atoms with Crippen molar-refractivity contribution in [3.05, 3.63) is 0 Å². The van der Waals surface area contributed by atoms with Crippen LogP contribution >= 0.6 is 11.8 Å². The summed E-state index contributed by atoms with van der Waals surface area (Å²) in [6, 6.07) is -0.842. The van der Waals surface area contributed by atoms with Crippen LogP contribution < -0.4 is 10.6 Å². The molecule has 1 saturated heterocycles. The van der Waals surface area contributed by atoms with E-state index in [2.05, 4.69) is 10.6 Å². The van der Waals surface area contributed by atoms with Crippen molar-refractivity contribution in [1.29, 1.82) is 0 Å². The van der Waals surface area contributed by atoms with Gasteiger partial charge in [-0.3, -0.25) is 14.4 Å². The molecule has 3 unspecified atom stereocenters. The molecule has 0 aromatic rings. The molecule has 1 aliphatic carbocycles. The maximum Gasteiger partial charge on any atom is 0.308 e. The molecule has 3 atom stereocenters. The fourth-order valence-electron chi connectivity index (χ4n) is 2.41. The first-order valence-corrected chi connectivity index (χ1v) is 7.03. The molecular weight excluding hydrogens is 256 g/mol. The van der Waals surface area contributed by atoms with Crippen LogP contribution in [0.5, 0.6) is 0 Å². The van der Waals surface area contributed by atoms with Crippen LogP contribution in [0.3, 0.4) is 0 Å². The van der Waals surface area contributed by atoms with Crippen molar-refractivity contribution < 1.29 is 19.5 Å². The molecule has 3 N–H and O–H groups in total. The monoisotopic (exact) mass is 272 g/mol. The van der Waals surface area contributed by atoms with E-state index in [4.69, 9.17) is 5.11 Å². The van der Waals surface area contributed by atoms with Crippen LogP contribution in [0.25, 0.3) is 0 Å². The lowest BCUT2D eigenvalue weighted by atomic mass is 9.84. The van der Waals surface area contributed by atoms with Gasteiger partial charge in [-0.15, -0.1) is 0 Å². The zero-order valence-corrected chi connectivity index (χ0v) is 10.7. The Balaban J connectivity index is 1.92. The maximum absolute atomic E-state index is 11.9. The molecule has 2 aliphatic rings. The Kier molecular flexibility index (Phi) is 4.11. The highest BCUT2D eigenvalue weighted by atomic mass is 32.2. The molecule has 0 aromatic heterocycles. The van der Waals surface area contributed by atoms with Gasteiger partial charge in [-0.05, 0) is 12.8 Å². The molecule has 7 heteroatoms. The summed E-state index contributed by atoms with van der Waals surface area (Å²) < 4.78 is 0. The zero-order chi connectivity index (χ0) is 13.1. The van der Waals surface area contributed by atoms with Gasteiger partial charge in [0.25, 0.3) is 5.24 Å². The van der Waals surface area contributed by atoms with Gasteiger partial charge in [0.2, 0.25) is 5.91 Å². The van der Waals surface area contributed by atoms with Crippen molar-refractivity contribution >= 4 is 28.9 Å². The van der Waals surface area contributed by atoms with Gasteiger partial charge >= 0.3 is 5.97 Å². The lowest BCUT2D eigenvalue weighted by molar-refractivity contribution is -0.144. The standard InChI is InChI=1S/C11H16N2O4S/c14-9(8-5-18-11(17)13-8)12-7-4-2-1-3-6(7)10(15)16/h6-8H,1-5H2,(H,12,14)(H,13,17)(H,15,16). The third-order valence-corrected chi connectivity index (χ3v) is 4.28. The predicted octanol–water partition coefficient (Wildman–Crippen LogP) is 0.571. The molecule has 0 aromatic carbocycles. The number of aliphatic carboxylic acids is 1. The van der Waals surface area contributed by atoms with Crippen molar-refractivity contribution in [2.75, 3.05) is 5.75 Å². The number of thioether (sulfide) groups is 1. The molecule has 2 fully saturated rings. The van der Waals surface area contributed by atoms with Crippen LogP contribution in [-0.4, -0.2) is 40.1 Å². The normalized spacial score (nSPS) is 31.8. The Bertz CT molecular complexity index is 374. The molecule has 6 nitrogen and oxygen atoms in total. The molecule has 1 heterocycles. The number of rotatable bonds is 3. The van der Waals surface area contributed by atoms with Gasteiger partial charge in [-0.25, -0.2) is 0 Å². The van der Waals surface area contributed by atoms with Gasteiger partial charge in [-0.2, -0.15) is 0 Å². The highest BCUT2D eigenvalue weighted by Gasteiger charge is 2.35. The molecule has 1 saturated carbocycles. The Morgan fingerprint density at radius 2 is 2.06 bits per heavy atom. The number of nitrogens with one attached hydrogen (secondary N) is 2. The van der Waals surface area contributed by atoms with E-state index in [1.807, 2.05) is 0 Å². The number of amides is 2. The molecule has 1 aliphatic heterocycles. The van der Waals surface area contributed by atoms with E-state index in [9.17, 15) is 14.4 Å². The summed E-state index contributed by atoms with van der Waals surface area (Å²) in [7, 11) is 0. The number of carbonyl (C=O) groups excluding carboxylic acids is 2. The van der Waals surface area contributed by atoms with Crippen molar-refractivity contribution in [3.8, 4) is 0 Å². The van der Waals surface area contributed by atoms with Gasteiger partial charge in [0.1, 0.15) is 6.04 Å². The van der Waals surface area contributed by atoms with E-state index in [1.165, 1.54) is 0 Å². The average Bonchev–Trinajstić information content (AvgIpc) is 2.76. The summed E-state index contributed by atoms with van der Waals surface area (Å²) in [4.78, 5) is 34.0. The van der Waals surface area contributed by atoms with Crippen LogP contribution in [0.4, 0.5) is 4.79 Å². The Hall–Kier alpha value is -1.24. The van der Waals surface area contributed by atoms with Gasteiger partial charge in [0, 0.05) is 11.8 Å². The molecule has 2 rings (SSSR count). The van der Waals surface area contributed by atoms with Crippen LogP contribution in [0.1, 0.15) is 25.7 Å². The lowest BCUT2D eigenvalue weighted by Gasteiger charge is -2.30. The van der Waals surface area contributed by atoms with Crippen LogP contribution in [-0.2, 0) is 9.59 Å². The first kappa shape index (κ1) is 13.2. The number of carbonyl (C=O) groups is 3. The minimum atomic E-state index is -0.857. The van der Waals surface area contributed by atoms with E-state index >= 15 is 0 Å². The number of hydrogen-bond acceptors (Lipinski definition) is 4. The molecule has 0 radical (unpaired) electrons. The average molecular weight is 272 g/mol. The summed E-state index contributed by atoms with van der Waals surface area (Å²) in [5.41, 5.74) is 0. The van der Waals surface area contributed by atoms with Crippen LogP contribution in [0.15, 0.2) is 0 Å². The second-order valence-electron chi connectivity index (χ2n) is 4.64. The fraction of sp³-hybridized carbons (Fsp3) is 0.727. The van der Waals surface area contributed by atoms with E-state index in [0.29, 0.717) is 18.6 Å². The molecule has 18 heavy (non-hydrogen) atoms. The molecule has 2 amide bonds. The Morgan fingerprint density at radius 3 is 2.67 bits per heavy atom. The SMILES string of the molecule is O=C1NC(C(=O)NC2CCCCC2C(=O)O)CS1. The second-order valence-corrected chi connectivity index (χ2v) is 5.63. The number of carboxylic acids is 1. The third-order valence-electron chi connectivity index (χ3n) is 3.40. The van der Waals surface area contributed by atoms with Crippen molar-refractivity contribution in [2.24, 2.45) is 5.92 Å². The lowest BCUT2D eigenvalue weighted by Crippen LogP contribution is -2.51. The number of carboxylic acid groups (broad SMARTS) is 1. The van der Waals surface area contributed by atoms with Gasteiger partial charge in [-0.1, -0.05) is 24.6 Å². The minimum absolute atomic E-state index is 0.200. The molecule has 0 bridgehead atoms. The summed E-state index contributed by atoms with van der Waals surface area (Å²) >= 11 is 1.08. The highest BCUT2D eigenvalue weighted by molar-refractivity contribution is 8.14. The highest BCUT2D eigenvalue weighted by Crippen LogP contribution is 2.25. The van der Waals surface area contributed by atoms with Gasteiger partial charge in [0.05, 0.1) is 5.92 Å². The Labute approximate surface area is 109 Å². The summed E-state index contributed by atoms with van der Waals surface area (Å²) in [6.45, 7) is 0. The van der Waals surface area contributed by atoms with E-state index in [0.717, 1.165) is 24.6 Å². The van der Waals surface area contributed by atoms with Crippen LogP contribution in [0, 0.1) is 5.92 Å². The Morgan fingerprint density at radius 1 is 1.33 bits per heavy atom. The maximum atomic E-state index is 11.9. The number of hydrogen-bond donors (Lipinski definition) is 3.